The molecule has 0 fully saturated rings. The standard InChI is InChI=1S/C16H18FNO.ClH/c1-11-7-8-13(14(17)9-11)16(18)15(19)10-12-5-3-2-4-6-12;/h2-9,15-16,19H,10,18H2,1H3;1H/t15-,16+;/m0./s1. The summed E-state index contributed by atoms with van der Waals surface area (Å²) in [4.78, 5) is 0. The molecule has 0 aromatic heterocycles. The van der Waals surface area contributed by atoms with Crippen molar-refractivity contribution < 1.29 is 9.50 Å². The number of nitrogens with two attached hydrogens (primary N) is 1. The summed E-state index contributed by atoms with van der Waals surface area (Å²) in [6, 6.07) is 13.7. The van der Waals surface area contributed by atoms with Crippen molar-refractivity contribution in [3.63, 3.8) is 0 Å². The second-order valence-corrected chi connectivity index (χ2v) is 4.81. The van der Waals surface area contributed by atoms with Crippen LogP contribution < -0.4 is 5.73 Å². The van der Waals surface area contributed by atoms with Crippen molar-refractivity contribution in [3.8, 4) is 0 Å². The fourth-order valence-corrected chi connectivity index (χ4v) is 2.09. The first-order valence-electron chi connectivity index (χ1n) is 6.31. The Kier molecular flexibility index (Phi) is 6.14. The fraction of sp³-hybridized carbons (Fsp3) is 0.250. The molecule has 0 aliphatic rings. The lowest BCUT2D eigenvalue weighted by Crippen LogP contribution is -2.29. The van der Waals surface area contributed by atoms with Gasteiger partial charge in [-0.05, 0) is 24.1 Å². The molecule has 0 spiro atoms. The van der Waals surface area contributed by atoms with E-state index < -0.39 is 12.1 Å². The average Bonchev–Trinajstić information content (AvgIpc) is 2.39. The van der Waals surface area contributed by atoms with Crippen LogP contribution in [0.5, 0.6) is 0 Å². The smallest absolute Gasteiger partial charge is 0.128 e. The largest absolute Gasteiger partial charge is 0.391 e. The number of rotatable bonds is 4. The molecular formula is C16H19ClFNO. The van der Waals surface area contributed by atoms with Crippen LogP contribution in [0.1, 0.15) is 22.7 Å². The Morgan fingerprint density at radius 2 is 1.80 bits per heavy atom. The van der Waals surface area contributed by atoms with Crippen molar-refractivity contribution in [1.82, 2.24) is 0 Å². The molecule has 2 rings (SSSR count). The Morgan fingerprint density at radius 3 is 2.40 bits per heavy atom. The predicted octanol–water partition coefficient (Wildman–Crippen LogP) is 3.16. The first-order chi connectivity index (χ1) is 9.08. The number of aliphatic hydroxyl groups is 1. The van der Waals surface area contributed by atoms with Crippen LogP contribution >= 0.6 is 12.4 Å². The number of aryl methyl sites for hydroxylation is 1. The third-order valence-electron chi connectivity index (χ3n) is 3.22. The molecule has 0 aliphatic carbocycles. The first-order valence-corrected chi connectivity index (χ1v) is 6.31. The van der Waals surface area contributed by atoms with Gasteiger partial charge < -0.3 is 10.8 Å². The highest BCUT2D eigenvalue weighted by Crippen LogP contribution is 2.21. The van der Waals surface area contributed by atoms with Gasteiger partial charge in [-0.15, -0.1) is 12.4 Å². The van der Waals surface area contributed by atoms with Gasteiger partial charge in [-0.2, -0.15) is 0 Å². The van der Waals surface area contributed by atoms with Crippen molar-refractivity contribution in [2.45, 2.75) is 25.5 Å². The molecule has 0 amide bonds. The van der Waals surface area contributed by atoms with Gasteiger partial charge in [0.25, 0.3) is 0 Å². The van der Waals surface area contributed by atoms with E-state index in [-0.39, 0.29) is 18.2 Å². The van der Waals surface area contributed by atoms with Gasteiger partial charge in [-0.1, -0.05) is 42.5 Å². The topological polar surface area (TPSA) is 46.2 Å². The number of hydrogen-bond donors (Lipinski definition) is 2. The van der Waals surface area contributed by atoms with E-state index in [0.29, 0.717) is 12.0 Å². The van der Waals surface area contributed by atoms with Gasteiger partial charge in [0.15, 0.2) is 0 Å². The van der Waals surface area contributed by atoms with Crippen molar-refractivity contribution in [3.05, 3.63) is 71.0 Å². The molecule has 0 aliphatic heterocycles. The van der Waals surface area contributed by atoms with E-state index in [1.807, 2.05) is 37.3 Å². The second kappa shape index (κ2) is 7.39. The number of benzene rings is 2. The number of hydrogen-bond acceptors (Lipinski definition) is 2. The third kappa shape index (κ3) is 4.04. The third-order valence-corrected chi connectivity index (χ3v) is 3.22. The Labute approximate surface area is 124 Å². The summed E-state index contributed by atoms with van der Waals surface area (Å²) in [5.41, 5.74) is 8.13. The van der Waals surface area contributed by atoms with Crippen LogP contribution in [0.25, 0.3) is 0 Å². The summed E-state index contributed by atoms with van der Waals surface area (Å²) in [7, 11) is 0. The summed E-state index contributed by atoms with van der Waals surface area (Å²) in [6.07, 6.45) is -0.394. The predicted molar refractivity (Wildman–Crippen MR) is 81.5 cm³/mol. The summed E-state index contributed by atoms with van der Waals surface area (Å²) in [5, 5.41) is 10.1. The van der Waals surface area contributed by atoms with Gasteiger partial charge in [-0.3, -0.25) is 0 Å². The van der Waals surface area contributed by atoms with E-state index in [4.69, 9.17) is 5.73 Å². The maximum atomic E-state index is 13.8. The summed E-state index contributed by atoms with van der Waals surface area (Å²) < 4.78 is 13.8. The minimum atomic E-state index is -0.806. The molecule has 3 N–H and O–H groups in total. The zero-order chi connectivity index (χ0) is 13.8. The van der Waals surface area contributed by atoms with Gasteiger partial charge in [0.2, 0.25) is 0 Å². The molecule has 0 saturated heterocycles. The molecule has 108 valence electrons. The fourth-order valence-electron chi connectivity index (χ4n) is 2.09. The average molecular weight is 296 g/mol. The highest BCUT2D eigenvalue weighted by molar-refractivity contribution is 5.85. The van der Waals surface area contributed by atoms with Crippen LogP contribution in [0.2, 0.25) is 0 Å². The van der Waals surface area contributed by atoms with Crippen LogP contribution in [0.15, 0.2) is 48.5 Å². The van der Waals surface area contributed by atoms with Crippen LogP contribution in [0, 0.1) is 12.7 Å². The Hall–Kier alpha value is -1.42. The highest BCUT2D eigenvalue weighted by atomic mass is 35.5. The lowest BCUT2D eigenvalue weighted by atomic mass is 9.96. The van der Waals surface area contributed by atoms with E-state index in [1.54, 1.807) is 12.1 Å². The zero-order valence-corrected chi connectivity index (χ0v) is 12.1. The zero-order valence-electron chi connectivity index (χ0n) is 11.3. The summed E-state index contributed by atoms with van der Waals surface area (Å²) >= 11 is 0. The lowest BCUT2D eigenvalue weighted by molar-refractivity contribution is 0.143. The summed E-state index contributed by atoms with van der Waals surface area (Å²) in [6.45, 7) is 1.82. The van der Waals surface area contributed by atoms with Crippen LogP contribution in [0.3, 0.4) is 0 Å². The molecule has 0 unspecified atom stereocenters. The Morgan fingerprint density at radius 1 is 1.15 bits per heavy atom. The van der Waals surface area contributed by atoms with Gasteiger partial charge in [0.1, 0.15) is 5.82 Å². The summed E-state index contributed by atoms with van der Waals surface area (Å²) in [5.74, 6) is -0.361. The lowest BCUT2D eigenvalue weighted by Gasteiger charge is -2.20. The minimum absolute atomic E-state index is 0. The van der Waals surface area contributed by atoms with Crippen LogP contribution in [-0.2, 0) is 6.42 Å². The molecule has 2 aromatic rings. The van der Waals surface area contributed by atoms with Crippen molar-refractivity contribution in [2.24, 2.45) is 5.73 Å². The van der Waals surface area contributed by atoms with Gasteiger partial charge >= 0.3 is 0 Å². The maximum absolute atomic E-state index is 13.8. The normalized spacial score (nSPS) is 13.4. The molecule has 20 heavy (non-hydrogen) atoms. The van der Waals surface area contributed by atoms with Gasteiger partial charge in [0.05, 0.1) is 12.1 Å². The molecule has 0 radical (unpaired) electrons. The van der Waals surface area contributed by atoms with E-state index in [9.17, 15) is 9.50 Å². The molecule has 0 bridgehead atoms. The van der Waals surface area contributed by atoms with Crippen molar-refractivity contribution in [1.29, 1.82) is 0 Å². The molecule has 4 heteroatoms. The maximum Gasteiger partial charge on any atom is 0.128 e. The molecule has 2 nitrogen and oxygen atoms in total. The van der Waals surface area contributed by atoms with Crippen LogP contribution in [-0.4, -0.2) is 11.2 Å². The minimum Gasteiger partial charge on any atom is -0.391 e. The van der Waals surface area contributed by atoms with Crippen molar-refractivity contribution >= 4 is 12.4 Å². The van der Waals surface area contributed by atoms with Gasteiger partial charge in [0, 0.05) is 12.0 Å². The Bertz CT molecular complexity index is 547. The van der Waals surface area contributed by atoms with E-state index in [1.165, 1.54) is 6.07 Å². The monoisotopic (exact) mass is 295 g/mol. The molecule has 2 aromatic carbocycles. The number of halogens is 2. The highest BCUT2D eigenvalue weighted by Gasteiger charge is 2.20. The molecule has 0 heterocycles. The van der Waals surface area contributed by atoms with E-state index in [0.717, 1.165) is 11.1 Å². The van der Waals surface area contributed by atoms with E-state index >= 15 is 0 Å². The quantitative estimate of drug-likeness (QED) is 0.910. The SMILES string of the molecule is Cc1ccc([C@@H](N)[C@@H](O)Cc2ccccc2)c(F)c1.Cl. The molecular weight excluding hydrogens is 277 g/mol. The molecule has 0 saturated carbocycles. The second-order valence-electron chi connectivity index (χ2n) is 4.81. The Balaban J connectivity index is 0.00000200. The molecule has 2 atom stereocenters. The van der Waals surface area contributed by atoms with Crippen LogP contribution in [0.4, 0.5) is 4.39 Å². The first kappa shape index (κ1) is 16.6. The van der Waals surface area contributed by atoms with E-state index in [2.05, 4.69) is 0 Å². The van der Waals surface area contributed by atoms with Crippen molar-refractivity contribution in [2.75, 3.05) is 0 Å². The van der Waals surface area contributed by atoms with Gasteiger partial charge in [-0.25, -0.2) is 4.39 Å². The number of aliphatic hydroxyl groups excluding tert-OH is 1.